The Bertz CT molecular complexity index is 478. The van der Waals surface area contributed by atoms with Crippen LogP contribution in [0.15, 0.2) is 22.7 Å². The van der Waals surface area contributed by atoms with E-state index in [1.807, 2.05) is 14.0 Å². The van der Waals surface area contributed by atoms with Gasteiger partial charge < -0.3 is 15.5 Å². The number of carbonyl (C=O) groups is 1. The number of aryl methyl sites for hydroxylation is 1. The molecule has 2 rings (SSSR count). The maximum atomic E-state index is 12.1. The van der Waals surface area contributed by atoms with E-state index in [2.05, 4.69) is 56.6 Å². The van der Waals surface area contributed by atoms with Gasteiger partial charge in [0.05, 0.1) is 0 Å². The second-order valence-electron chi connectivity index (χ2n) is 5.07. The van der Waals surface area contributed by atoms with Crippen molar-refractivity contribution in [3.8, 4) is 0 Å². The number of benzene rings is 1. The molecule has 0 spiro atoms. The van der Waals surface area contributed by atoms with Crippen LogP contribution in [0.1, 0.15) is 12.5 Å². The quantitative estimate of drug-likeness (QED) is 0.888. The Morgan fingerprint density at radius 2 is 2.26 bits per heavy atom. The Morgan fingerprint density at radius 3 is 2.89 bits per heavy atom. The van der Waals surface area contributed by atoms with Crippen LogP contribution in [0.3, 0.4) is 0 Å². The molecular weight excluding hydrogens is 306 g/mol. The molecular formula is C14H20BrN3O. The van der Waals surface area contributed by atoms with E-state index in [1.165, 1.54) is 5.56 Å². The molecule has 0 aromatic heterocycles. The first kappa shape index (κ1) is 14.3. The van der Waals surface area contributed by atoms with Crippen LogP contribution in [0.4, 0.5) is 5.69 Å². The second kappa shape index (κ2) is 5.92. The van der Waals surface area contributed by atoms with Gasteiger partial charge in [0.15, 0.2) is 0 Å². The number of piperazine rings is 1. The van der Waals surface area contributed by atoms with Crippen LogP contribution in [0.25, 0.3) is 0 Å². The Labute approximate surface area is 122 Å². The molecule has 0 bridgehead atoms. The van der Waals surface area contributed by atoms with E-state index in [-0.39, 0.29) is 18.0 Å². The molecule has 104 valence electrons. The van der Waals surface area contributed by atoms with Gasteiger partial charge in [0, 0.05) is 29.3 Å². The number of anilines is 1. The van der Waals surface area contributed by atoms with Crippen LogP contribution in [0.5, 0.6) is 0 Å². The zero-order valence-electron chi connectivity index (χ0n) is 11.5. The third-order valence-corrected chi connectivity index (χ3v) is 4.28. The first-order chi connectivity index (χ1) is 9.02. The molecule has 1 fully saturated rings. The number of carbonyl (C=O) groups excluding carboxylic acids is 1. The largest absolute Gasteiger partial charge is 0.356 e. The van der Waals surface area contributed by atoms with Gasteiger partial charge in [-0.1, -0.05) is 22.0 Å². The fraction of sp³-hybridized carbons (Fsp3) is 0.500. The number of rotatable bonds is 3. The summed E-state index contributed by atoms with van der Waals surface area (Å²) in [6, 6.07) is 6.25. The van der Waals surface area contributed by atoms with Gasteiger partial charge in [0.1, 0.15) is 6.04 Å². The maximum Gasteiger partial charge on any atom is 0.244 e. The van der Waals surface area contributed by atoms with Crippen LogP contribution in [-0.4, -0.2) is 38.1 Å². The molecule has 19 heavy (non-hydrogen) atoms. The molecule has 1 aromatic carbocycles. The molecule has 0 radical (unpaired) electrons. The Morgan fingerprint density at radius 1 is 1.53 bits per heavy atom. The van der Waals surface area contributed by atoms with Crippen LogP contribution in [-0.2, 0) is 4.79 Å². The molecule has 2 unspecified atom stereocenters. The van der Waals surface area contributed by atoms with Gasteiger partial charge in [0.25, 0.3) is 0 Å². The third kappa shape index (κ3) is 3.09. The van der Waals surface area contributed by atoms with Gasteiger partial charge >= 0.3 is 0 Å². The van der Waals surface area contributed by atoms with Crippen molar-refractivity contribution in [2.24, 2.45) is 0 Å². The summed E-state index contributed by atoms with van der Waals surface area (Å²) in [6.07, 6.45) is 0. The highest BCUT2D eigenvalue weighted by molar-refractivity contribution is 9.10. The second-order valence-corrected chi connectivity index (χ2v) is 5.92. The van der Waals surface area contributed by atoms with E-state index in [0.717, 1.165) is 16.7 Å². The van der Waals surface area contributed by atoms with Crippen molar-refractivity contribution in [1.82, 2.24) is 10.6 Å². The van der Waals surface area contributed by atoms with Crippen LogP contribution in [0, 0.1) is 6.92 Å². The molecule has 1 aromatic rings. The summed E-state index contributed by atoms with van der Waals surface area (Å²) in [4.78, 5) is 14.3. The molecule has 5 heteroatoms. The Kier molecular flexibility index (Phi) is 4.47. The van der Waals surface area contributed by atoms with Crippen molar-refractivity contribution in [3.63, 3.8) is 0 Å². The molecule has 2 N–H and O–H groups in total. The van der Waals surface area contributed by atoms with Gasteiger partial charge in [0.2, 0.25) is 5.91 Å². The smallest absolute Gasteiger partial charge is 0.244 e. The minimum absolute atomic E-state index is 0.0878. The monoisotopic (exact) mass is 325 g/mol. The van der Waals surface area contributed by atoms with E-state index < -0.39 is 0 Å². The van der Waals surface area contributed by atoms with Crippen LogP contribution in [0.2, 0.25) is 0 Å². The van der Waals surface area contributed by atoms with E-state index in [9.17, 15) is 4.79 Å². The lowest BCUT2D eigenvalue weighted by Gasteiger charge is -2.40. The average molecular weight is 326 g/mol. The fourth-order valence-electron chi connectivity index (χ4n) is 2.39. The van der Waals surface area contributed by atoms with Crippen molar-refractivity contribution < 1.29 is 4.79 Å². The first-order valence-electron chi connectivity index (χ1n) is 6.50. The molecule has 1 aliphatic rings. The summed E-state index contributed by atoms with van der Waals surface area (Å²) in [6.45, 7) is 5.56. The van der Waals surface area contributed by atoms with Crippen molar-refractivity contribution >= 4 is 27.5 Å². The molecule has 0 saturated carbocycles. The topological polar surface area (TPSA) is 44.4 Å². The molecule has 0 aliphatic carbocycles. The van der Waals surface area contributed by atoms with Crippen molar-refractivity contribution in [1.29, 1.82) is 0 Å². The van der Waals surface area contributed by atoms with Gasteiger partial charge in [-0.15, -0.1) is 0 Å². The predicted molar refractivity (Wildman–Crippen MR) is 81.5 cm³/mol. The Balaban J connectivity index is 2.31. The maximum absolute atomic E-state index is 12.1. The average Bonchev–Trinajstić information content (AvgIpc) is 2.36. The minimum Gasteiger partial charge on any atom is -0.356 e. The van der Waals surface area contributed by atoms with E-state index >= 15 is 0 Å². The number of likely N-dealkylation sites (N-methyl/N-ethyl adjacent to an activating group) is 1. The van der Waals surface area contributed by atoms with E-state index in [4.69, 9.17) is 0 Å². The number of hydrogen-bond donors (Lipinski definition) is 2. The number of nitrogens with zero attached hydrogens (tertiary/aromatic N) is 1. The van der Waals surface area contributed by atoms with Crippen molar-refractivity contribution in [2.75, 3.05) is 25.0 Å². The lowest BCUT2D eigenvalue weighted by Crippen LogP contribution is -2.62. The summed E-state index contributed by atoms with van der Waals surface area (Å²) in [5.74, 6) is 0.0878. The van der Waals surface area contributed by atoms with E-state index in [1.54, 1.807) is 0 Å². The van der Waals surface area contributed by atoms with Crippen molar-refractivity contribution in [2.45, 2.75) is 25.9 Å². The van der Waals surface area contributed by atoms with Gasteiger partial charge in [-0.3, -0.25) is 4.79 Å². The zero-order valence-corrected chi connectivity index (χ0v) is 13.1. The Hall–Kier alpha value is -1.07. The van der Waals surface area contributed by atoms with Gasteiger partial charge in [-0.2, -0.15) is 0 Å². The SMILES string of the molecule is CNCC1C(=O)NC(C)CN1c1ccc(C)c(Br)c1. The van der Waals surface area contributed by atoms with Crippen LogP contribution >= 0.6 is 15.9 Å². The normalized spacial score (nSPS) is 23.4. The molecule has 2 atom stereocenters. The van der Waals surface area contributed by atoms with Crippen LogP contribution < -0.4 is 15.5 Å². The molecule has 1 aliphatic heterocycles. The predicted octanol–water partition coefficient (Wildman–Crippen LogP) is 1.67. The summed E-state index contributed by atoms with van der Waals surface area (Å²) in [5, 5.41) is 6.10. The summed E-state index contributed by atoms with van der Waals surface area (Å²) in [5.41, 5.74) is 2.28. The first-order valence-corrected chi connectivity index (χ1v) is 7.30. The lowest BCUT2D eigenvalue weighted by atomic mass is 10.1. The lowest BCUT2D eigenvalue weighted by molar-refractivity contribution is -0.124. The molecule has 1 amide bonds. The number of halogens is 1. The number of amides is 1. The van der Waals surface area contributed by atoms with E-state index in [0.29, 0.717) is 6.54 Å². The molecule has 1 heterocycles. The summed E-state index contributed by atoms with van der Waals surface area (Å²) < 4.78 is 1.08. The molecule has 1 saturated heterocycles. The summed E-state index contributed by atoms with van der Waals surface area (Å²) >= 11 is 3.56. The zero-order chi connectivity index (χ0) is 14.0. The number of hydrogen-bond acceptors (Lipinski definition) is 3. The fourth-order valence-corrected chi connectivity index (χ4v) is 2.76. The highest BCUT2D eigenvalue weighted by Gasteiger charge is 2.32. The number of nitrogens with one attached hydrogen (secondary N) is 2. The molecule has 4 nitrogen and oxygen atoms in total. The standard InChI is InChI=1S/C14H20BrN3O/c1-9-4-5-11(6-12(9)15)18-8-10(2)17-14(19)13(18)7-16-3/h4-6,10,13,16H,7-8H2,1-3H3,(H,17,19). The highest BCUT2D eigenvalue weighted by atomic mass is 79.9. The third-order valence-electron chi connectivity index (χ3n) is 3.42. The minimum atomic E-state index is -0.157. The highest BCUT2D eigenvalue weighted by Crippen LogP contribution is 2.26. The van der Waals surface area contributed by atoms with Gasteiger partial charge in [-0.05, 0) is 38.6 Å². The van der Waals surface area contributed by atoms with Gasteiger partial charge in [-0.25, -0.2) is 0 Å². The van der Waals surface area contributed by atoms with Crippen molar-refractivity contribution in [3.05, 3.63) is 28.2 Å². The summed E-state index contributed by atoms with van der Waals surface area (Å²) in [7, 11) is 1.87.